The molecule has 0 fully saturated rings. The van der Waals surface area contributed by atoms with Gasteiger partial charge in [0.05, 0.1) is 0 Å². The molecule has 0 amide bonds. The van der Waals surface area contributed by atoms with Gasteiger partial charge in [-0.05, 0) is 28.8 Å². The summed E-state index contributed by atoms with van der Waals surface area (Å²) in [6, 6.07) is 14.7. The lowest BCUT2D eigenvalue weighted by molar-refractivity contribution is 0.442. The molecule has 0 radical (unpaired) electrons. The largest absolute Gasteiger partial charge is 0.368 e. The molecule has 162 valence electrons. The highest BCUT2D eigenvalue weighted by Crippen LogP contribution is 2.33. The topological polar surface area (TPSA) is 62.7 Å². The van der Waals surface area contributed by atoms with E-state index in [2.05, 4.69) is 73.2 Å². The highest BCUT2D eigenvalue weighted by Gasteiger charge is 2.17. The summed E-state index contributed by atoms with van der Waals surface area (Å²) in [5, 5.41) is 10.8. The Morgan fingerprint density at radius 3 is 2.55 bits per heavy atom. The van der Waals surface area contributed by atoms with Crippen LogP contribution in [0.1, 0.15) is 31.2 Å². The van der Waals surface area contributed by atoms with Gasteiger partial charge in [0, 0.05) is 23.7 Å². The first-order chi connectivity index (χ1) is 15.0. The molecular weight excluding hydrogens is 442 g/mol. The van der Waals surface area contributed by atoms with Crippen molar-refractivity contribution >= 4 is 55.7 Å². The van der Waals surface area contributed by atoms with Gasteiger partial charge in [-0.3, -0.25) is 0 Å². The fourth-order valence-electron chi connectivity index (χ4n) is 2.88. The first kappa shape index (κ1) is 22.0. The van der Waals surface area contributed by atoms with E-state index in [1.54, 1.807) is 34.4 Å². The van der Waals surface area contributed by atoms with Crippen LogP contribution in [0.2, 0.25) is 0 Å². The Morgan fingerprint density at radius 1 is 0.968 bits per heavy atom. The molecule has 0 spiro atoms. The number of thiazole rings is 1. The molecule has 0 unspecified atom stereocenters. The van der Waals surface area contributed by atoms with Crippen molar-refractivity contribution in [2.45, 2.75) is 38.1 Å². The van der Waals surface area contributed by atoms with Gasteiger partial charge >= 0.3 is 0 Å². The summed E-state index contributed by atoms with van der Waals surface area (Å²) in [6.07, 6.45) is 0.993. The van der Waals surface area contributed by atoms with Crippen LogP contribution in [0.4, 0.5) is 10.9 Å². The van der Waals surface area contributed by atoms with E-state index in [4.69, 9.17) is 15.0 Å². The summed E-state index contributed by atoms with van der Waals surface area (Å²) in [5.41, 5.74) is 2.17. The molecule has 2 N–H and O–H groups in total. The number of rotatable bonds is 9. The number of benzene rings is 1. The van der Waals surface area contributed by atoms with Crippen LogP contribution in [0.3, 0.4) is 0 Å². The molecular formula is C23H27N5S3. The molecule has 3 heterocycles. The van der Waals surface area contributed by atoms with E-state index in [1.807, 2.05) is 6.07 Å². The number of hydrogen-bond acceptors (Lipinski definition) is 8. The zero-order valence-electron chi connectivity index (χ0n) is 18.0. The predicted octanol–water partition coefficient (Wildman–Crippen LogP) is 6.55. The SMILES string of the molecule is CC(C)(C)CNc1nc(SCc2ccccc2)nc2nc(NCCc3cccs3)sc12. The monoisotopic (exact) mass is 469 g/mol. The van der Waals surface area contributed by atoms with Gasteiger partial charge in [-0.15, -0.1) is 11.3 Å². The van der Waals surface area contributed by atoms with Gasteiger partial charge in [-0.2, -0.15) is 4.98 Å². The van der Waals surface area contributed by atoms with Crippen molar-refractivity contribution in [1.29, 1.82) is 0 Å². The summed E-state index contributed by atoms with van der Waals surface area (Å²) < 4.78 is 1.01. The number of thioether (sulfide) groups is 1. The molecule has 0 aliphatic heterocycles. The lowest BCUT2D eigenvalue weighted by Gasteiger charge is -2.19. The number of nitrogens with one attached hydrogen (secondary N) is 2. The third kappa shape index (κ3) is 6.41. The number of nitrogens with zero attached hydrogens (tertiary/aromatic N) is 3. The van der Waals surface area contributed by atoms with Crippen molar-refractivity contribution in [3.05, 3.63) is 58.3 Å². The van der Waals surface area contributed by atoms with Gasteiger partial charge in [-0.1, -0.05) is 80.3 Å². The van der Waals surface area contributed by atoms with Crippen LogP contribution in [-0.4, -0.2) is 28.0 Å². The highest BCUT2D eigenvalue weighted by atomic mass is 32.2. The van der Waals surface area contributed by atoms with Gasteiger partial charge in [0.1, 0.15) is 4.70 Å². The molecule has 8 heteroatoms. The summed E-state index contributed by atoms with van der Waals surface area (Å²) in [5.74, 6) is 1.71. The molecule has 5 nitrogen and oxygen atoms in total. The van der Waals surface area contributed by atoms with Crippen LogP contribution in [0.15, 0.2) is 53.0 Å². The molecule has 0 saturated carbocycles. The van der Waals surface area contributed by atoms with Crippen molar-refractivity contribution in [2.75, 3.05) is 23.7 Å². The van der Waals surface area contributed by atoms with Crippen LogP contribution in [0.5, 0.6) is 0 Å². The highest BCUT2D eigenvalue weighted by molar-refractivity contribution is 7.98. The molecule has 3 aromatic heterocycles. The number of fused-ring (bicyclic) bond motifs is 1. The van der Waals surface area contributed by atoms with Crippen LogP contribution in [0, 0.1) is 5.41 Å². The summed E-state index contributed by atoms with van der Waals surface area (Å²) in [4.78, 5) is 15.7. The third-order valence-electron chi connectivity index (χ3n) is 4.46. The number of anilines is 2. The summed E-state index contributed by atoms with van der Waals surface area (Å²) in [6.45, 7) is 8.34. The Labute approximate surface area is 195 Å². The molecule has 0 aliphatic rings. The zero-order chi connectivity index (χ0) is 21.7. The fraction of sp³-hybridized carbons (Fsp3) is 0.348. The van der Waals surface area contributed by atoms with Crippen LogP contribution < -0.4 is 10.6 Å². The van der Waals surface area contributed by atoms with Crippen molar-refractivity contribution < 1.29 is 0 Å². The Bertz CT molecular complexity index is 1100. The second kappa shape index (κ2) is 9.97. The van der Waals surface area contributed by atoms with Crippen molar-refractivity contribution in [2.24, 2.45) is 5.41 Å². The van der Waals surface area contributed by atoms with Crippen molar-refractivity contribution in [1.82, 2.24) is 15.0 Å². The Hall–Kier alpha value is -2.16. The van der Waals surface area contributed by atoms with Crippen molar-refractivity contribution in [3.63, 3.8) is 0 Å². The molecule has 31 heavy (non-hydrogen) atoms. The van der Waals surface area contributed by atoms with Gasteiger partial charge in [0.25, 0.3) is 0 Å². The lowest BCUT2D eigenvalue weighted by atomic mass is 9.97. The lowest BCUT2D eigenvalue weighted by Crippen LogP contribution is -2.19. The Kier molecular flexibility index (Phi) is 7.09. The maximum atomic E-state index is 4.84. The van der Waals surface area contributed by atoms with Gasteiger partial charge in [0.15, 0.2) is 21.8 Å². The fourth-order valence-corrected chi connectivity index (χ4v) is 5.28. The van der Waals surface area contributed by atoms with E-state index in [0.29, 0.717) is 0 Å². The van der Waals surface area contributed by atoms with E-state index >= 15 is 0 Å². The van der Waals surface area contributed by atoms with E-state index in [9.17, 15) is 0 Å². The summed E-state index contributed by atoms with van der Waals surface area (Å²) in [7, 11) is 0. The normalized spacial score (nSPS) is 11.7. The quantitative estimate of drug-likeness (QED) is 0.214. The molecule has 4 rings (SSSR count). The zero-order valence-corrected chi connectivity index (χ0v) is 20.5. The van der Waals surface area contributed by atoms with E-state index in [1.165, 1.54) is 10.4 Å². The van der Waals surface area contributed by atoms with E-state index < -0.39 is 0 Å². The molecule has 0 saturated heterocycles. The number of thiophene rings is 1. The smallest absolute Gasteiger partial charge is 0.191 e. The molecule has 0 aliphatic carbocycles. The molecule has 4 aromatic rings. The van der Waals surface area contributed by atoms with Gasteiger partial charge < -0.3 is 10.6 Å². The van der Waals surface area contributed by atoms with E-state index in [-0.39, 0.29) is 5.41 Å². The van der Waals surface area contributed by atoms with Crippen molar-refractivity contribution in [3.8, 4) is 0 Å². The standard InChI is InChI=1S/C23H27N5S3/c1-23(2,3)15-25-19-18-20(27-21(31-18)24-12-11-17-10-7-13-29-17)28-22(26-19)30-14-16-8-5-4-6-9-16/h4-10,13H,11-12,14-15H2,1-3H3,(H2,24,25,26,27,28). The molecule has 0 atom stereocenters. The first-order valence-corrected chi connectivity index (χ1v) is 13.0. The minimum absolute atomic E-state index is 0.154. The number of hydrogen-bond donors (Lipinski definition) is 2. The van der Waals surface area contributed by atoms with E-state index in [0.717, 1.165) is 51.7 Å². The second-order valence-corrected chi connectivity index (χ2v) is 11.4. The predicted molar refractivity (Wildman–Crippen MR) is 136 cm³/mol. The second-order valence-electron chi connectivity index (χ2n) is 8.47. The Morgan fingerprint density at radius 2 is 1.81 bits per heavy atom. The molecule has 0 bridgehead atoms. The maximum absolute atomic E-state index is 4.84. The maximum Gasteiger partial charge on any atom is 0.191 e. The summed E-state index contributed by atoms with van der Waals surface area (Å²) >= 11 is 5.05. The Balaban J connectivity index is 1.53. The first-order valence-electron chi connectivity index (χ1n) is 10.3. The average molecular weight is 470 g/mol. The molecule has 1 aromatic carbocycles. The minimum atomic E-state index is 0.154. The van der Waals surface area contributed by atoms with Gasteiger partial charge in [0.2, 0.25) is 0 Å². The van der Waals surface area contributed by atoms with Crippen LogP contribution >= 0.6 is 34.4 Å². The average Bonchev–Trinajstić information content (AvgIpc) is 3.40. The third-order valence-corrected chi connectivity index (χ3v) is 7.32. The number of aromatic nitrogens is 3. The minimum Gasteiger partial charge on any atom is -0.368 e. The van der Waals surface area contributed by atoms with Gasteiger partial charge in [-0.25, -0.2) is 9.97 Å². The van der Waals surface area contributed by atoms with Crippen LogP contribution in [0.25, 0.3) is 10.3 Å². The van der Waals surface area contributed by atoms with Crippen LogP contribution in [-0.2, 0) is 12.2 Å².